The number of H-pyrrole nitrogens is 1. The lowest BCUT2D eigenvalue weighted by atomic mass is 9.86. The van der Waals surface area contributed by atoms with Gasteiger partial charge < -0.3 is 25.1 Å². The maximum absolute atomic E-state index is 13.1. The fourth-order valence-electron chi connectivity index (χ4n) is 5.10. The summed E-state index contributed by atoms with van der Waals surface area (Å²) >= 11 is 0. The molecule has 1 aliphatic rings. The predicted molar refractivity (Wildman–Crippen MR) is 160 cm³/mol. The molecule has 216 valence electrons. The minimum atomic E-state index is -0.451. The molecular weight excluding hydrogens is 518 g/mol. The third-order valence-corrected chi connectivity index (χ3v) is 7.55. The van der Waals surface area contributed by atoms with Crippen molar-refractivity contribution in [3.05, 3.63) is 99.0 Å². The van der Waals surface area contributed by atoms with Crippen LogP contribution in [-0.2, 0) is 28.0 Å². The van der Waals surface area contributed by atoms with E-state index in [1.165, 1.54) is 5.56 Å². The molecule has 0 spiro atoms. The molecular formula is C33H39N3O5. The molecule has 3 aromatic rings. The molecule has 1 atom stereocenters. The number of methoxy groups -OCH3 is 2. The lowest BCUT2D eigenvalue weighted by molar-refractivity contribution is -0.129. The van der Waals surface area contributed by atoms with Gasteiger partial charge >= 0.3 is 0 Å². The second-order valence-corrected chi connectivity index (χ2v) is 11.4. The summed E-state index contributed by atoms with van der Waals surface area (Å²) < 4.78 is 10.9. The summed E-state index contributed by atoms with van der Waals surface area (Å²) in [6.45, 7) is 6.87. The van der Waals surface area contributed by atoms with Gasteiger partial charge in [-0.15, -0.1) is 0 Å². The van der Waals surface area contributed by atoms with Crippen LogP contribution in [0.15, 0.2) is 65.5 Å². The molecule has 0 saturated carbocycles. The molecule has 2 aromatic carbocycles. The first-order valence-corrected chi connectivity index (χ1v) is 13.8. The quantitative estimate of drug-likeness (QED) is 0.374. The highest BCUT2D eigenvalue weighted by Gasteiger charge is 2.31. The molecule has 1 fully saturated rings. The highest BCUT2D eigenvalue weighted by Crippen LogP contribution is 2.33. The van der Waals surface area contributed by atoms with Crippen LogP contribution in [0.2, 0.25) is 0 Å². The fraction of sp³-hybridized carbons (Fsp3) is 0.364. The van der Waals surface area contributed by atoms with E-state index in [2.05, 4.69) is 56.1 Å². The van der Waals surface area contributed by atoms with Gasteiger partial charge in [0.2, 0.25) is 11.8 Å². The van der Waals surface area contributed by atoms with Crippen LogP contribution in [0.5, 0.6) is 11.5 Å². The zero-order valence-electron chi connectivity index (χ0n) is 24.5. The Morgan fingerprint density at radius 3 is 2.34 bits per heavy atom. The van der Waals surface area contributed by atoms with Gasteiger partial charge in [-0.3, -0.25) is 14.4 Å². The van der Waals surface area contributed by atoms with Crippen LogP contribution in [-0.4, -0.2) is 42.0 Å². The van der Waals surface area contributed by atoms with E-state index >= 15 is 0 Å². The Kier molecular flexibility index (Phi) is 9.01. The van der Waals surface area contributed by atoms with Gasteiger partial charge in [0.15, 0.2) is 0 Å². The molecule has 2 heterocycles. The number of benzene rings is 2. The van der Waals surface area contributed by atoms with Gasteiger partial charge in [0.25, 0.3) is 5.56 Å². The zero-order chi connectivity index (χ0) is 29.7. The average Bonchev–Trinajstić information content (AvgIpc) is 3.29. The number of aromatic amines is 1. The van der Waals surface area contributed by atoms with Crippen LogP contribution >= 0.6 is 0 Å². The standard InChI is InChI=1S/C33H39N3O5/c1-33(2,3)24-11-6-21(7-12-24)27(28-15-9-22(32(39)35-28)10-16-30(34)37)18-25-13-17-31(38)36(25)20-23-8-14-26(40-4)19-29(23)41-5/h6-9,11-12,14-15,18-19,25H,10,13,16-17,20H2,1-5H3,(H2,34,37)(H,35,39)/b27-18-/t25-/m1/s1. The number of carbonyl (C=O) groups is 2. The van der Waals surface area contributed by atoms with Crippen molar-refractivity contribution < 1.29 is 19.1 Å². The molecule has 8 nitrogen and oxygen atoms in total. The molecule has 8 heteroatoms. The van der Waals surface area contributed by atoms with E-state index in [1.807, 2.05) is 29.2 Å². The van der Waals surface area contributed by atoms with Gasteiger partial charge in [-0.2, -0.15) is 0 Å². The molecule has 0 aliphatic carbocycles. The van der Waals surface area contributed by atoms with Crippen molar-refractivity contribution in [3.8, 4) is 11.5 Å². The predicted octanol–water partition coefficient (Wildman–Crippen LogP) is 4.73. The largest absolute Gasteiger partial charge is 0.497 e. The van der Waals surface area contributed by atoms with Crippen molar-refractivity contribution >= 4 is 17.4 Å². The first-order chi connectivity index (χ1) is 19.5. The second-order valence-electron chi connectivity index (χ2n) is 11.4. The number of hydrogen-bond acceptors (Lipinski definition) is 5. The van der Waals surface area contributed by atoms with E-state index < -0.39 is 5.91 Å². The number of aryl methyl sites for hydroxylation is 1. The van der Waals surface area contributed by atoms with Crippen molar-refractivity contribution in [2.24, 2.45) is 5.73 Å². The van der Waals surface area contributed by atoms with Crippen LogP contribution in [0.4, 0.5) is 0 Å². The third kappa shape index (κ3) is 7.06. The van der Waals surface area contributed by atoms with Crippen LogP contribution in [0.1, 0.15) is 68.0 Å². The third-order valence-electron chi connectivity index (χ3n) is 7.55. The van der Waals surface area contributed by atoms with Gasteiger partial charge in [-0.25, -0.2) is 0 Å². The van der Waals surface area contributed by atoms with E-state index in [-0.39, 0.29) is 35.8 Å². The highest BCUT2D eigenvalue weighted by molar-refractivity contribution is 5.82. The van der Waals surface area contributed by atoms with Gasteiger partial charge in [0, 0.05) is 47.8 Å². The fourth-order valence-corrected chi connectivity index (χ4v) is 5.10. The minimum absolute atomic E-state index is 0.00904. The Bertz CT molecular complexity index is 1500. The second kappa shape index (κ2) is 12.5. The van der Waals surface area contributed by atoms with E-state index in [4.69, 9.17) is 15.2 Å². The number of carbonyl (C=O) groups excluding carboxylic acids is 2. The van der Waals surface area contributed by atoms with Crippen molar-refractivity contribution in [1.82, 2.24) is 9.88 Å². The summed E-state index contributed by atoms with van der Waals surface area (Å²) in [5.74, 6) is 0.939. The van der Waals surface area contributed by atoms with Crippen molar-refractivity contribution in [2.75, 3.05) is 14.2 Å². The highest BCUT2D eigenvalue weighted by atomic mass is 16.5. The zero-order valence-corrected chi connectivity index (χ0v) is 24.5. The summed E-state index contributed by atoms with van der Waals surface area (Å²) in [6.07, 6.45) is 3.54. The van der Waals surface area contributed by atoms with E-state index in [0.717, 1.165) is 16.7 Å². The SMILES string of the molecule is COc1ccc(CN2C(=O)CC[C@@H]2/C=C(/c2ccc(C(C)(C)C)cc2)c2ccc(CCC(N)=O)c(=O)[nH]2)c(OC)c1. The Labute approximate surface area is 241 Å². The smallest absolute Gasteiger partial charge is 0.251 e. The summed E-state index contributed by atoms with van der Waals surface area (Å²) in [6, 6.07) is 17.3. The maximum Gasteiger partial charge on any atom is 0.251 e. The van der Waals surface area contributed by atoms with Crippen molar-refractivity contribution in [1.29, 1.82) is 0 Å². The first-order valence-electron chi connectivity index (χ1n) is 13.8. The number of ether oxygens (including phenoxy) is 2. The molecule has 0 radical (unpaired) electrons. The molecule has 0 bridgehead atoms. The van der Waals surface area contributed by atoms with Gasteiger partial charge in [0.1, 0.15) is 11.5 Å². The molecule has 1 saturated heterocycles. The first kappa shape index (κ1) is 29.6. The van der Waals surface area contributed by atoms with Crippen molar-refractivity contribution in [2.45, 2.75) is 64.5 Å². The Morgan fingerprint density at radius 2 is 1.73 bits per heavy atom. The van der Waals surface area contributed by atoms with Crippen LogP contribution in [0.25, 0.3) is 5.57 Å². The molecule has 1 aliphatic heterocycles. The van der Waals surface area contributed by atoms with Gasteiger partial charge in [-0.05, 0) is 47.6 Å². The molecule has 41 heavy (non-hydrogen) atoms. The molecule has 1 aromatic heterocycles. The van der Waals surface area contributed by atoms with E-state index in [0.29, 0.717) is 42.1 Å². The van der Waals surface area contributed by atoms with E-state index in [1.54, 1.807) is 20.3 Å². The lowest BCUT2D eigenvalue weighted by Crippen LogP contribution is -2.31. The summed E-state index contributed by atoms with van der Waals surface area (Å²) in [5.41, 5.74) is 9.99. The lowest BCUT2D eigenvalue weighted by Gasteiger charge is -2.25. The van der Waals surface area contributed by atoms with Gasteiger partial charge in [0.05, 0.1) is 20.3 Å². The minimum Gasteiger partial charge on any atom is -0.497 e. The number of aromatic nitrogens is 1. The summed E-state index contributed by atoms with van der Waals surface area (Å²) in [5, 5.41) is 0. The number of amides is 2. The number of nitrogens with one attached hydrogen (secondary N) is 1. The number of nitrogens with two attached hydrogens (primary N) is 1. The van der Waals surface area contributed by atoms with Crippen LogP contribution < -0.4 is 20.8 Å². The number of likely N-dealkylation sites (tertiary alicyclic amines) is 1. The topological polar surface area (TPSA) is 115 Å². The average molecular weight is 558 g/mol. The Morgan fingerprint density at radius 1 is 1.02 bits per heavy atom. The summed E-state index contributed by atoms with van der Waals surface area (Å²) in [4.78, 5) is 42.2. The number of nitrogens with zero attached hydrogens (tertiary/aromatic N) is 1. The Balaban J connectivity index is 1.74. The number of hydrogen-bond donors (Lipinski definition) is 2. The number of pyridine rings is 1. The van der Waals surface area contributed by atoms with Crippen LogP contribution in [0.3, 0.4) is 0 Å². The monoisotopic (exact) mass is 557 g/mol. The maximum atomic E-state index is 13.1. The van der Waals surface area contributed by atoms with E-state index in [9.17, 15) is 14.4 Å². The van der Waals surface area contributed by atoms with Crippen LogP contribution in [0, 0.1) is 0 Å². The van der Waals surface area contributed by atoms with Crippen molar-refractivity contribution in [3.63, 3.8) is 0 Å². The Hall–Kier alpha value is -4.33. The normalized spacial score (nSPS) is 15.7. The molecule has 4 rings (SSSR count). The summed E-state index contributed by atoms with van der Waals surface area (Å²) in [7, 11) is 3.20. The number of primary amides is 1. The number of rotatable bonds is 10. The van der Waals surface area contributed by atoms with Gasteiger partial charge in [-0.1, -0.05) is 57.2 Å². The molecule has 2 amide bonds. The molecule has 0 unspecified atom stereocenters. The molecule has 3 N–H and O–H groups in total.